The number of carboxylic acids is 1. The number of hydrogen-bond donors (Lipinski definition) is 1. The third kappa shape index (κ3) is 3.07. The fourth-order valence-corrected chi connectivity index (χ4v) is 3.18. The van der Waals surface area contributed by atoms with Gasteiger partial charge in [-0.05, 0) is 6.42 Å². The zero-order valence-corrected chi connectivity index (χ0v) is 11.3. The molecule has 1 aliphatic heterocycles. The van der Waals surface area contributed by atoms with E-state index in [1.54, 1.807) is 7.05 Å². The average Bonchev–Trinajstić information content (AvgIpc) is 2.78. The van der Waals surface area contributed by atoms with E-state index >= 15 is 0 Å². The molecule has 0 bridgehead atoms. The molecule has 6 nitrogen and oxygen atoms in total. The maximum atomic E-state index is 12.2. The van der Waals surface area contributed by atoms with Crippen molar-refractivity contribution in [3.05, 3.63) is 0 Å². The standard InChI is InChI=1S/C11H17N3O3S/c1-3-9-14(8(7-18-9)10(15)16)11(17)13(2)6-4-5-12/h8-9H,3-4,6-7H2,1-2H3,(H,15,16). The molecule has 7 heteroatoms. The van der Waals surface area contributed by atoms with Crippen LogP contribution in [0.25, 0.3) is 0 Å². The number of aliphatic carboxylic acids is 1. The van der Waals surface area contributed by atoms with Gasteiger partial charge in [-0.1, -0.05) is 6.92 Å². The molecule has 0 aromatic carbocycles. The summed E-state index contributed by atoms with van der Waals surface area (Å²) in [6, 6.07) is 0.892. The molecule has 1 N–H and O–H groups in total. The van der Waals surface area contributed by atoms with Crippen LogP contribution < -0.4 is 0 Å². The molecule has 1 saturated heterocycles. The zero-order chi connectivity index (χ0) is 13.7. The molecule has 100 valence electrons. The minimum absolute atomic E-state index is 0.0943. The van der Waals surface area contributed by atoms with Gasteiger partial charge in [0.2, 0.25) is 0 Å². The molecule has 1 aliphatic rings. The Morgan fingerprint density at radius 1 is 1.61 bits per heavy atom. The van der Waals surface area contributed by atoms with Crippen LogP contribution in [0.15, 0.2) is 0 Å². The van der Waals surface area contributed by atoms with E-state index in [1.807, 2.05) is 13.0 Å². The Balaban J connectivity index is 2.78. The molecule has 0 radical (unpaired) electrons. The Morgan fingerprint density at radius 2 is 2.28 bits per heavy atom. The minimum Gasteiger partial charge on any atom is -0.480 e. The van der Waals surface area contributed by atoms with Gasteiger partial charge >= 0.3 is 12.0 Å². The van der Waals surface area contributed by atoms with E-state index in [-0.39, 0.29) is 17.8 Å². The van der Waals surface area contributed by atoms with Crippen molar-refractivity contribution in [3.8, 4) is 6.07 Å². The van der Waals surface area contributed by atoms with Crippen molar-refractivity contribution >= 4 is 23.8 Å². The Hall–Kier alpha value is -1.42. The highest BCUT2D eigenvalue weighted by molar-refractivity contribution is 8.00. The van der Waals surface area contributed by atoms with Crippen LogP contribution in [0.2, 0.25) is 0 Å². The summed E-state index contributed by atoms with van der Waals surface area (Å²) in [4.78, 5) is 26.2. The van der Waals surface area contributed by atoms with Crippen molar-refractivity contribution in [2.75, 3.05) is 19.3 Å². The number of carbonyl (C=O) groups excluding carboxylic acids is 1. The van der Waals surface area contributed by atoms with Gasteiger partial charge in [0.05, 0.1) is 17.9 Å². The number of amides is 2. The minimum atomic E-state index is -0.972. The second-order valence-electron chi connectivity index (χ2n) is 4.07. The zero-order valence-electron chi connectivity index (χ0n) is 10.5. The number of carbonyl (C=O) groups is 2. The van der Waals surface area contributed by atoms with Crippen molar-refractivity contribution in [3.63, 3.8) is 0 Å². The molecule has 0 aromatic rings. The molecule has 18 heavy (non-hydrogen) atoms. The van der Waals surface area contributed by atoms with Crippen LogP contribution in [0.3, 0.4) is 0 Å². The lowest BCUT2D eigenvalue weighted by molar-refractivity contribution is -0.141. The number of nitrogens with zero attached hydrogens (tertiary/aromatic N) is 3. The fraction of sp³-hybridized carbons (Fsp3) is 0.727. The molecule has 1 heterocycles. The van der Waals surface area contributed by atoms with Crippen molar-refractivity contribution in [1.29, 1.82) is 5.26 Å². The molecule has 1 rings (SSSR count). The van der Waals surface area contributed by atoms with Gasteiger partial charge in [-0.2, -0.15) is 5.26 Å². The first kappa shape index (κ1) is 14.6. The number of hydrogen-bond acceptors (Lipinski definition) is 4. The van der Waals surface area contributed by atoms with E-state index in [1.165, 1.54) is 21.6 Å². The number of rotatable bonds is 4. The Morgan fingerprint density at radius 3 is 2.78 bits per heavy atom. The number of urea groups is 1. The third-order valence-corrected chi connectivity index (χ3v) is 4.29. The van der Waals surface area contributed by atoms with E-state index < -0.39 is 12.0 Å². The molecule has 0 saturated carbocycles. The number of thioether (sulfide) groups is 1. The maximum absolute atomic E-state index is 12.2. The number of carboxylic acid groups (broad SMARTS) is 1. The average molecular weight is 271 g/mol. The summed E-state index contributed by atoms with van der Waals surface area (Å²) in [7, 11) is 1.59. The van der Waals surface area contributed by atoms with Crippen molar-refractivity contribution in [2.24, 2.45) is 0 Å². The maximum Gasteiger partial charge on any atom is 0.327 e. The van der Waals surface area contributed by atoms with Crippen LogP contribution in [0, 0.1) is 11.3 Å². The Labute approximate surface area is 111 Å². The highest BCUT2D eigenvalue weighted by atomic mass is 32.2. The smallest absolute Gasteiger partial charge is 0.327 e. The predicted molar refractivity (Wildman–Crippen MR) is 68.1 cm³/mol. The first-order valence-corrected chi connectivity index (χ1v) is 6.82. The van der Waals surface area contributed by atoms with Crippen LogP contribution in [0.5, 0.6) is 0 Å². The second kappa shape index (κ2) is 6.50. The highest BCUT2D eigenvalue weighted by Crippen LogP contribution is 2.32. The molecule has 0 aromatic heterocycles. The number of nitriles is 1. The van der Waals surface area contributed by atoms with E-state index in [0.717, 1.165) is 0 Å². The normalized spacial score (nSPS) is 22.6. The van der Waals surface area contributed by atoms with Crippen LogP contribution in [0.4, 0.5) is 4.79 Å². The Kier molecular flexibility index (Phi) is 5.28. The summed E-state index contributed by atoms with van der Waals surface area (Å²) in [5, 5.41) is 17.5. The lowest BCUT2D eigenvalue weighted by atomic mass is 10.2. The van der Waals surface area contributed by atoms with Crippen molar-refractivity contribution < 1.29 is 14.7 Å². The monoisotopic (exact) mass is 271 g/mol. The molecule has 0 spiro atoms. The molecule has 1 fully saturated rings. The highest BCUT2D eigenvalue weighted by Gasteiger charge is 2.41. The quantitative estimate of drug-likeness (QED) is 0.830. The van der Waals surface area contributed by atoms with Gasteiger partial charge in [-0.25, -0.2) is 9.59 Å². The van der Waals surface area contributed by atoms with Crippen LogP contribution in [-0.4, -0.2) is 57.7 Å². The summed E-state index contributed by atoms with van der Waals surface area (Å²) >= 11 is 1.49. The van der Waals surface area contributed by atoms with Gasteiger partial charge < -0.3 is 10.0 Å². The molecule has 0 aliphatic carbocycles. The first-order valence-electron chi connectivity index (χ1n) is 5.77. The fourth-order valence-electron chi connectivity index (χ4n) is 1.84. The van der Waals surface area contributed by atoms with Gasteiger partial charge in [-0.3, -0.25) is 4.90 Å². The first-order chi connectivity index (χ1) is 8.52. The summed E-state index contributed by atoms with van der Waals surface area (Å²) in [6.45, 7) is 2.25. The van der Waals surface area contributed by atoms with Crippen LogP contribution in [0.1, 0.15) is 19.8 Å². The van der Waals surface area contributed by atoms with Gasteiger partial charge in [0.15, 0.2) is 0 Å². The topological polar surface area (TPSA) is 84.6 Å². The van der Waals surface area contributed by atoms with Gasteiger partial charge in [-0.15, -0.1) is 11.8 Å². The lowest BCUT2D eigenvalue weighted by Gasteiger charge is -2.30. The molecule has 2 unspecified atom stereocenters. The Bertz CT molecular complexity index is 369. The summed E-state index contributed by atoms with van der Waals surface area (Å²) in [6.07, 6.45) is 0.962. The van der Waals surface area contributed by atoms with Gasteiger partial charge in [0, 0.05) is 19.3 Å². The van der Waals surface area contributed by atoms with E-state index in [9.17, 15) is 9.59 Å². The van der Waals surface area contributed by atoms with E-state index in [2.05, 4.69) is 0 Å². The molecule has 2 amide bonds. The lowest BCUT2D eigenvalue weighted by Crippen LogP contribution is -2.50. The predicted octanol–water partition coefficient (Wildman–Crippen LogP) is 1.19. The van der Waals surface area contributed by atoms with Gasteiger partial charge in [0.25, 0.3) is 0 Å². The van der Waals surface area contributed by atoms with Crippen molar-refractivity contribution in [2.45, 2.75) is 31.2 Å². The SMILES string of the molecule is CCC1SCC(C(=O)O)N1C(=O)N(C)CCC#N. The van der Waals surface area contributed by atoms with Crippen LogP contribution in [-0.2, 0) is 4.79 Å². The van der Waals surface area contributed by atoms with Gasteiger partial charge in [0.1, 0.15) is 6.04 Å². The third-order valence-electron chi connectivity index (χ3n) is 2.83. The largest absolute Gasteiger partial charge is 0.480 e. The van der Waals surface area contributed by atoms with Crippen molar-refractivity contribution in [1.82, 2.24) is 9.80 Å². The molecule has 2 atom stereocenters. The molecular formula is C11H17N3O3S. The second-order valence-corrected chi connectivity index (χ2v) is 5.28. The summed E-state index contributed by atoms with van der Waals surface area (Å²) in [5.41, 5.74) is 0. The van der Waals surface area contributed by atoms with E-state index in [4.69, 9.17) is 10.4 Å². The summed E-state index contributed by atoms with van der Waals surface area (Å²) in [5.74, 6) is -0.549. The van der Waals surface area contributed by atoms with E-state index in [0.29, 0.717) is 18.7 Å². The summed E-state index contributed by atoms with van der Waals surface area (Å²) < 4.78 is 0. The molecular weight excluding hydrogens is 254 g/mol. The van der Waals surface area contributed by atoms with Crippen LogP contribution >= 0.6 is 11.8 Å².